The zero-order valence-corrected chi connectivity index (χ0v) is 12.0. The third-order valence-electron chi connectivity index (χ3n) is 3.10. The van der Waals surface area contributed by atoms with Crippen LogP contribution in [0.2, 0.25) is 0 Å². The van der Waals surface area contributed by atoms with Gasteiger partial charge in [0.25, 0.3) is 0 Å². The number of ether oxygens (including phenoxy) is 2. The van der Waals surface area contributed by atoms with E-state index >= 15 is 0 Å². The van der Waals surface area contributed by atoms with Gasteiger partial charge in [-0.05, 0) is 38.0 Å². The van der Waals surface area contributed by atoms with Gasteiger partial charge in [-0.1, -0.05) is 15.9 Å². The lowest BCUT2D eigenvalue weighted by atomic mass is 9.90. The number of Topliss-reactive ketones (excluding diaryl/α,β-unsaturated/α-hetero) is 1. The highest BCUT2D eigenvalue weighted by Gasteiger charge is 2.25. The Morgan fingerprint density at radius 1 is 1.44 bits per heavy atom. The van der Waals surface area contributed by atoms with Gasteiger partial charge in [0.15, 0.2) is 5.78 Å². The number of hydrogen-bond acceptors (Lipinski definition) is 3. The molecule has 0 atom stereocenters. The minimum atomic E-state index is 0.0623. The van der Waals surface area contributed by atoms with Crippen LogP contribution in [0.1, 0.15) is 30.1 Å². The molecule has 1 heterocycles. The van der Waals surface area contributed by atoms with Crippen molar-refractivity contribution in [3.63, 3.8) is 0 Å². The Balaban J connectivity index is 2.24. The molecule has 1 aromatic carbocycles. The highest BCUT2D eigenvalue weighted by atomic mass is 79.9. The monoisotopic (exact) mass is 312 g/mol. The maximum absolute atomic E-state index is 12.5. The van der Waals surface area contributed by atoms with Gasteiger partial charge < -0.3 is 9.47 Å². The summed E-state index contributed by atoms with van der Waals surface area (Å²) in [5, 5.41) is 0. The van der Waals surface area contributed by atoms with Crippen LogP contribution < -0.4 is 4.74 Å². The van der Waals surface area contributed by atoms with Crippen molar-refractivity contribution in [2.75, 3.05) is 19.8 Å². The maximum Gasteiger partial charge on any atom is 0.169 e. The van der Waals surface area contributed by atoms with E-state index < -0.39 is 0 Å². The molecular weight excluding hydrogens is 296 g/mol. The number of halogens is 1. The van der Waals surface area contributed by atoms with Gasteiger partial charge in [0.1, 0.15) is 5.75 Å². The van der Waals surface area contributed by atoms with Crippen LogP contribution in [0.4, 0.5) is 0 Å². The minimum Gasteiger partial charge on any atom is -0.493 e. The summed E-state index contributed by atoms with van der Waals surface area (Å²) >= 11 is 3.41. The lowest BCUT2D eigenvalue weighted by Gasteiger charge is -2.22. The van der Waals surface area contributed by atoms with Gasteiger partial charge in [-0.3, -0.25) is 4.79 Å². The Labute approximate surface area is 116 Å². The topological polar surface area (TPSA) is 35.5 Å². The zero-order valence-electron chi connectivity index (χ0n) is 10.4. The van der Waals surface area contributed by atoms with Gasteiger partial charge in [0.05, 0.1) is 12.2 Å². The molecule has 1 aliphatic heterocycles. The van der Waals surface area contributed by atoms with E-state index in [0.29, 0.717) is 31.1 Å². The Bertz CT molecular complexity index is 425. The molecule has 0 aromatic heterocycles. The highest BCUT2D eigenvalue weighted by Crippen LogP contribution is 2.28. The van der Waals surface area contributed by atoms with Crippen molar-refractivity contribution in [2.24, 2.45) is 5.92 Å². The molecule has 1 aromatic rings. The fraction of sp³-hybridized carbons (Fsp3) is 0.500. The summed E-state index contributed by atoms with van der Waals surface area (Å²) in [6, 6.07) is 5.59. The average molecular weight is 313 g/mol. The molecule has 2 rings (SSSR count). The fourth-order valence-electron chi connectivity index (χ4n) is 2.16. The molecule has 1 fully saturated rings. The number of ketones is 1. The largest absolute Gasteiger partial charge is 0.493 e. The molecule has 0 spiro atoms. The molecule has 1 aliphatic rings. The predicted octanol–water partition coefficient (Wildman–Crippen LogP) is 3.46. The number of benzene rings is 1. The maximum atomic E-state index is 12.5. The smallest absolute Gasteiger partial charge is 0.169 e. The van der Waals surface area contributed by atoms with Gasteiger partial charge in [-0.25, -0.2) is 0 Å². The molecule has 3 nitrogen and oxygen atoms in total. The highest BCUT2D eigenvalue weighted by molar-refractivity contribution is 9.10. The first-order valence-electron chi connectivity index (χ1n) is 6.26. The van der Waals surface area contributed by atoms with Gasteiger partial charge in [-0.15, -0.1) is 0 Å². The van der Waals surface area contributed by atoms with Crippen LogP contribution in [0.3, 0.4) is 0 Å². The van der Waals surface area contributed by atoms with E-state index in [0.717, 1.165) is 17.3 Å². The lowest BCUT2D eigenvalue weighted by molar-refractivity contribution is 0.0542. The molecule has 0 bridgehead atoms. The molecule has 4 heteroatoms. The Kier molecular flexibility index (Phi) is 4.78. The van der Waals surface area contributed by atoms with Gasteiger partial charge in [0, 0.05) is 23.6 Å². The molecular formula is C14H17BrO3. The summed E-state index contributed by atoms with van der Waals surface area (Å²) in [6.45, 7) is 3.84. The van der Waals surface area contributed by atoms with Crippen molar-refractivity contribution < 1.29 is 14.3 Å². The SMILES string of the molecule is CCOc1ccc(Br)cc1C(=O)C1CCOCC1. The number of hydrogen-bond donors (Lipinski definition) is 0. The van der Waals surface area contributed by atoms with E-state index in [1.807, 2.05) is 25.1 Å². The molecule has 0 amide bonds. The summed E-state index contributed by atoms with van der Waals surface area (Å²) in [5.74, 6) is 0.910. The second kappa shape index (κ2) is 6.34. The fourth-order valence-corrected chi connectivity index (χ4v) is 2.52. The van der Waals surface area contributed by atoms with Gasteiger partial charge in [0.2, 0.25) is 0 Å². The third kappa shape index (κ3) is 3.12. The van der Waals surface area contributed by atoms with Crippen LogP contribution >= 0.6 is 15.9 Å². The minimum absolute atomic E-state index is 0.0623. The number of carbonyl (C=O) groups is 1. The molecule has 0 N–H and O–H groups in total. The van der Waals surface area contributed by atoms with E-state index in [9.17, 15) is 4.79 Å². The van der Waals surface area contributed by atoms with Crippen molar-refractivity contribution in [2.45, 2.75) is 19.8 Å². The Morgan fingerprint density at radius 2 is 2.17 bits per heavy atom. The van der Waals surface area contributed by atoms with E-state index in [-0.39, 0.29) is 11.7 Å². The second-order valence-electron chi connectivity index (χ2n) is 4.32. The van der Waals surface area contributed by atoms with Crippen LogP contribution in [-0.2, 0) is 4.74 Å². The molecule has 18 heavy (non-hydrogen) atoms. The van der Waals surface area contributed by atoms with Crippen LogP contribution in [0.15, 0.2) is 22.7 Å². The molecule has 0 radical (unpaired) electrons. The van der Waals surface area contributed by atoms with Crippen molar-refractivity contribution in [1.29, 1.82) is 0 Å². The van der Waals surface area contributed by atoms with Crippen molar-refractivity contribution in [1.82, 2.24) is 0 Å². The number of carbonyl (C=O) groups excluding carboxylic acids is 1. The summed E-state index contributed by atoms with van der Waals surface area (Å²) in [6.07, 6.45) is 1.60. The van der Waals surface area contributed by atoms with Gasteiger partial charge in [-0.2, -0.15) is 0 Å². The second-order valence-corrected chi connectivity index (χ2v) is 5.24. The third-order valence-corrected chi connectivity index (χ3v) is 3.59. The van der Waals surface area contributed by atoms with Crippen LogP contribution in [0, 0.1) is 5.92 Å². The molecule has 98 valence electrons. The van der Waals surface area contributed by atoms with Crippen LogP contribution in [-0.4, -0.2) is 25.6 Å². The van der Waals surface area contributed by atoms with Crippen molar-refractivity contribution in [3.05, 3.63) is 28.2 Å². The summed E-state index contributed by atoms with van der Waals surface area (Å²) in [5.41, 5.74) is 0.679. The Hall–Kier alpha value is -0.870. The standard InChI is InChI=1S/C14H17BrO3/c1-2-18-13-4-3-11(15)9-12(13)14(16)10-5-7-17-8-6-10/h3-4,9-10H,2,5-8H2,1H3. The van der Waals surface area contributed by atoms with Crippen LogP contribution in [0.25, 0.3) is 0 Å². The van der Waals surface area contributed by atoms with E-state index in [4.69, 9.17) is 9.47 Å². The molecule has 0 saturated carbocycles. The molecule has 0 aliphatic carbocycles. The average Bonchev–Trinajstić information content (AvgIpc) is 2.41. The van der Waals surface area contributed by atoms with Crippen molar-refractivity contribution in [3.8, 4) is 5.75 Å². The first kappa shape index (κ1) is 13.6. The van der Waals surface area contributed by atoms with E-state index in [1.165, 1.54) is 0 Å². The lowest BCUT2D eigenvalue weighted by Crippen LogP contribution is -2.24. The summed E-state index contributed by atoms with van der Waals surface area (Å²) in [7, 11) is 0. The number of rotatable bonds is 4. The van der Waals surface area contributed by atoms with Gasteiger partial charge >= 0.3 is 0 Å². The van der Waals surface area contributed by atoms with Crippen molar-refractivity contribution >= 4 is 21.7 Å². The Morgan fingerprint density at radius 3 is 2.83 bits per heavy atom. The molecule has 0 unspecified atom stereocenters. The molecule has 1 saturated heterocycles. The first-order chi connectivity index (χ1) is 8.72. The summed E-state index contributed by atoms with van der Waals surface area (Å²) < 4.78 is 11.7. The quantitative estimate of drug-likeness (QED) is 0.799. The van der Waals surface area contributed by atoms with Crippen LogP contribution in [0.5, 0.6) is 5.75 Å². The summed E-state index contributed by atoms with van der Waals surface area (Å²) in [4.78, 5) is 12.5. The predicted molar refractivity (Wildman–Crippen MR) is 73.2 cm³/mol. The zero-order chi connectivity index (χ0) is 13.0. The normalized spacial score (nSPS) is 16.6. The van der Waals surface area contributed by atoms with E-state index in [1.54, 1.807) is 0 Å². The first-order valence-corrected chi connectivity index (χ1v) is 7.06. The van der Waals surface area contributed by atoms with E-state index in [2.05, 4.69) is 15.9 Å².